The molecule has 5 aromatic rings. The topological polar surface area (TPSA) is 212 Å². The second-order valence-corrected chi connectivity index (χ2v) is 23.4. The summed E-state index contributed by atoms with van der Waals surface area (Å²) in [4.78, 5) is 32.3. The van der Waals surface area contributed by atoms with Crippen LogP contribution in [0.3, 0.4) is 0 Å². The number of pyridine rings is 1. The fourth-order valence-corrected chi connectivity index (χ4v) is 9.77. The number of primary amides is 1. The van der Waals surface area contributed by atoms with Crippen molar-refractivity contribution in [1.82, 2.24) is 29.9 Å². The molecule has 28 heteroatoms. The number of aliphatic hydroxyl groups excluding tert-OH is 1. The number of halogens is 11. The van der Waals surface area contributed by atoms with Crippen molar-refractivity contribution >= 4 is 60.1 Å². The Balaban J connectivity index is 1.63. The molecular formula is C44H41ClF10N8O7S2. The van der Waals surface area contributed by atoms with E-state index in [9.17, 15) is 66.7 Å². The van der Waals surface area contributed by atoms with E-state index in [-0.39, 0.29) is 13.7 Å². The Morgan fingerprint density at radius 1 is 0.972 bits per heavy atom. The Hall–Kier alpha value is -5.98. The number of sulfonamides is 1. The monoisotopic (exact) mass is 1080 g/mol. The molecule has 0 radical (unpaired) electrons. The number of amides is 3. The first-order valence-corrected chi connectivity index (χ1v) is 25.3. The van der Waals surface area contributed by atoms with Crippen molar-refractivity contribution in [2.45, 2.75) is 93.5 Å². The second kappa shape index (κ2) is 17.9. The Labute approximate surface area is 408 Å². The number of nitrogens with two attached hydrogens (primary N) is 1. The van der Waals surface area contributed by atoms with Crippen molar-refractivity contribution in [2.24, 2.45) is 11.7 Å². The predicted molar refractivity (Wildman–Crippen MR) is 240 cm³/mol. The van der Waals surface area contributed by atoms with Gasteiger partial charge in [0.05, 0.1) is 40.0 Å². The highest BCUT2D eigenvalue weighted by Gasteiger charge is 2.69. The largest absolute Gasteiger partial charge is 0.435 e. The summed E-state index contributed by atoms with van der Waals surface area (Å²) in [6.45, 7) is 2.09. The number of aromatic nitrogens is 5. The van der Waals surface area contributed by atoms with Crippen LogP contribution in [0.5, 0.6) is 0 Å². The molecule has 0 saturated heterocycles. The van der Waals surface area contributed by atoms with Gasteiger partial charge in [0.25, 0.3) is 5.92 Å². The number of rotatable bonds is 13. The number of sulfone groups is 1. The molecule has 2 aromatic carbocycles. The zero-order chi connectivity index (χ0) is 53.8. The molecule has 4 N–H and O–H groups in total. The number of carbonyl (C=O) groups is 2. The lowest BCUT2D eigenvalue weighted by molar-refractivity contribution is -0.143. The fourth-order valence-electron chi connectivity index (χ4n) is 8.51. The number of aliphatic hydroxyl groups is 1. The lowest BCUT2D eigenvalue weighted by Gasteiger charge is -2.29. The Morgan fingerprint density at radius 3 is 2.12 bits per heavy atom. The van der Waals surface area contributed by atoms with Crippen LogP contribution in [-0.2, 0) is 49.7 Å². The van der Waals surface area contributed by atoms with E-state index in [0.29, 0.717) is 24.5 Å². The van der Waals surface area contributed by atoms with Gasteiger partial charge in [-0.25, -0.2) is 40.1 Å². The normalized spacial score (nSPS) is 17.7. The Bertz CT molecular complexity index is 3350. The van der Waals surface area contributed by atoms with Crippen molar-refractivity contribution in [3.8, 4) is 23.0 Å². The predicted octanol–water partition coefficient (Wildman–Crippen LogP) is 7.49. The molecule has 1 unspecified atom stereocenters. The molecule has 3 heterocycles. The van der Waals surface area contributed by atoms with Gasteiger partial charge in [-0.3, -0.25) is 9.48 Å². The fraction of sp³-hybridized carbons (Fsp3) is 0.432. The van der Waals surface area contributed by atoms with Crippen LogP contribution in [0.2, 0.25) is 5.02 Å². The summed E-state index contributed by atoms with van der Waals surface area (Å²) in [5.74, 6) is -9.45. The number of alkyl halides is 8. The summed E-state index contributed by atoms with van der Waals surface area (Å²) >= 11 is 6.64. The van der Waals surface area contributed by atoms with E-state index >= 15 is 8.78 Å². The standard InChI is InChI=1S/C44H41ClF10N8O7S2/c1-40(2,19-64)58-39(66)63(72(6,69)70)38-31-29(45)10-9-25(33(31)61(60-38)18-42(48,49)50)24-8-7-23(11-12-41(3,4)71(5,67)68)57-32(24)27(15-20-13-21(46)16-22(47)14-20)34(37(56)65)62-36-30(35(59-62)44(53,54)55)26-17-28(26)43(36,51)52/h7-10,13-14,16,26-28,34,64H,15,17-19H2,1-6H3,(H2,56,65)(H,58,66)/t26-,27+,28+,34?/m0/s1. The molecule has 1 fully saturated rings. The van der Waals surface area contributed by atoms with Crippen LogP contribution in [0, 0.1) is 29.4 Å². The number of hydrogen-bond acceptors (Lipinski definition) is 10. The molecule has 2 aliphatic rings. The van der Waals surface area contributed by atoms with Crippen molar-refractivity contribution in [3.05, 3.63) is 93.0 Å². The maximum Gasteiger partial charge on any atom is 0.435 e. The first-order chi connectivity index (χ1) is 32.9. The van der Waals surface area contributed by atoms with Crippen LogP contribution in [0.1, 0.15) is 85.9 Å². The summed E-state index contributed by atoms with van der Waals surface area (Å²) < 4.78 is 201. The summed E-state index contributed by atoms with van der Waals surface area (Å²) in [5.41, 5.74) is -2.95. The first-order valence-electron chi connectivity index (χ1n) is 21.1. The maximum atomic E-state index is 16.3. The average Bonchev–Trinajstić information content (AvgIpc) is 3.72. The van der Waals surface area contributed by atoms with Crippen molar-refractivity contribution in [2.75, 3.05) is 23.4 Å². The van der Waals surface area contributed by atoms with Crippen LogP contribution in [-0.4, -0.2) is 94.0 Å². The minimum absolute atomic E-state index is 0.0393. The summed E-state index contributed by atoms with van der Waals surface area (Å²) in [7, 11) is -8.88. The van der Waals surface area contributed by atoms with E-state index in [1.807, 2.05) is 0 Å². The molecule has 72 heavy (non-hydrogen) atoms. The number of fused-ring (bicyclic) bond motifs is 4. The van der Waals surface area contributed by atoms with E-state index in [1.165, 1.54) is 27.7 Å². The van der Waals surface area contributed by atoms with E-state index in [4.69, 9.17) is 17.3 Å². The molecule has 1 saturated carbocycles. The SMILES string of the molecule is CC(C)(CO)NC(=O)N(c1nn(CC(F)(F)F)c2c(-c3ccc(C#CC(C)(C)S(C)(=O)=O)nc3[C@@H](Cc3cc(F)cc(F)c3)C(C(N)=O)n3nc(C(F)(F)F)c4c3C(F)(F)[C@@H]3C[C@H]43)ccc(Cl)c12)S(C)(=O)=O. The molecule has 3 amide bonds. The van der Waals surface area contributed by atoms with Gasteiger partial charge >= 0.3 is 18.4 Å². The van der Waals surface area contributed by atoms with Crippen LogP contribution in [0.25, 0.3) is 22.0 Å². The average molecular weight is 1080 g/mol. The van der Waals surface area contributed by atoms with Crippen LogP contribution in [0.15, 0.2) is 42.5 Å². The van der Waals surface area contributed by atoms with E-state index in [1.54, 1.807) is 0 Å². The van der Waals surface area contributed by atoms with Gasteiger partial charge in [-0.1, -0.05) is 23.6 Å². The van der Waals surface area contributed by atoms with Gasteiger partial charge in [-0.2, -0.15) is 49.6 Å². The molecule has 0 spiro atoms. The Kier molecular flexibility index (Phi) is 13.4. The molecular weight excluding hydrogens is 1040 g/mol. The molecule has 7 rings (SSSR count). The van der Waals surface area contributed by atoms with Crippen LogP contribution < -0.4 is 15.4 Å². The van der Waals surface area contributed by atoms with Crippen molar-refractivity contribution < 1.29 is 75.4 Å². The minimum atomic E-state index is -5.41. The van der Waals surface area contributed by atoms with Gasteiger partial charge in [0.2, 0.25) is 15.9 Å². The quantitative estimate of drug-likeness (QED) is 0.0781. The van der Waals surface area contributed by atoms with Crippen molar-refractivity contribution in [1.29, 1.82) is 0 Å². The van der Waals surface area contributed by atoms with Crippen molar-refractivity contribution in [3.63, 3.8) is 0 Å². The lowest BCUT2D eigenvalue weighted by Crippen LogP contribution is -2.53. The van der Waals surface area contributed by atoms with Crippen LogP contribution >= 0.6 is 11.6 Å². The number of carbonyl (C=O) groups excluding carboxylic acids is 2. The molecule has 4 atom stereocenters. The van der Waals surface area contributed by atoms with E-state index in [0.717, 1.165) is 30.5 Å². The molecule has 15 nitrogen and oxygen atoms in total. The number of benzene rings is 2. The smallest absolute Gasteiger partial charge is 0.394 e. The number of urea groups is 1. The lowest BCUT2D eigenvalue weighted by atomic mass is 9.84. The summed E-state index contributed by atoms with van der Waals surface area (Å²) in [6.07, 6.45) is -10.6. The van der Waals surface area contributed by atoms with Crippen LogP contribution in [0.4, 0.5) is 54.5 Å². The Morgan fingerprint density at radius 2 is 1.58 bits per heavy atom. The third-order valence-electron chi connectivity index (χ3n) is 12.2. The molecule has 0 bridgehead atoms. The summed E-state index contributed by atoms with van der Waals surface area (Å²) in [6, 6.07) is 1.89. The third kappa shape index (κ3) is 10.2. The van der Waals surface area contributed by atoms with Gasteiger partial charge in [0.1, 0.15) is 40.4 Å². The molecule has 2 aliphatic carbocycles. The van der Waals surface area contributed by atoms with Gasteiger partial charge < -0.3 is 16.2 Å². The third-order valence-corrected chi connectivity index (χ3v) is 15.4. The van der Waals surface area contributed by atoms with Gasteiger partial charge in [-0.15, -0.1) is 0 Å². The second-order valence-electron chi connectivity index (χ2n) is 18.6. The van der Waals surface area contributed by atoms with E-state index < -0.39 is 189 Å². The minimum Gasteiger partial charge on any atom is -0.394 e. The number of anilines is 1. The highest BCUT2D eigenvalue weighted by Crippen LogP contribution is 2.69. The maximum absolute atomic E-state index is 16.3. The first kappa shape index (κ1) is 53.8. The zero-order valence-corrected chi connectivity index (χ0v) is 40.7. The highest BCUT2D eigenvalue weighted by atomic mass is 35.5. The number of nitrogens with one attached hydrogen (secondary N) is 1. The number of nitrogens with zero attached hydrogens (tertiary/aromatic N) is 6. The van der Waals surface area contributed by atoms with Gasteiger partial charge in [-0.05, 0) is 88.3 Å². The zero-order valence-electron chi connectivity index (χ0n) is 38.3. The van der Waals surface area contributed by atoms with Gasteiger partial charge in [0.15, 0.2) is 21.3 Å². The molecule has 388 valence electrons. The van der Waals surface area contributed by atoms with Gasteiger partial charge in [0, 0.05) is 40.8 Å². The summed E-state index contributed by atoms with van der Waals surface area (Å²) in [5, 5.41) is 18.3. The highest BCUT2D eigenvalue weighted by molar-refractivity contribution is 7.93. The molecule has 0 aliphatic heterocycles. The molecule has 3 aromatic heterocycles. The van der Waals surface area contributed by atoms with E-state index in [2.05, 4.69) is 32.3 Å². The number of hydrogen-bond donors (Lipinski definition) is 3.